The van der Waals surface area contributed by atoms with Gasteiger partial charge in [0.2, 0.25) is 12.1 Å². The van der Waals surface area contributed by atoms with Crippen molar-refractivity contribution in [1.29, 1.82) is 0 Å². The first-order chi connectivity index (χ1) is 22.4. The van der Waals surface area contributed by atoms with Gasteiger partial charge in [-0.15, -0.1) is 0 Å². The van der Waals surface area contributed by atoms with Crippen molar-refractivity contribution in [3.05, 3.63) is 77.4 Å². The van der Waals surface area contributed by atoms with Gasteiger partial charge in [-0.3, -0.25) is 14.6 Å². The number of alkyl halides is 3. The number of amides is 2. The van der Waals surface area contributed by atoms with E-state index in [9.17, 15) is 27.2 Å². The molecule has 0 aliphatic rings. The van der Waals surface area contributed by atoms with Crippen LogP contribution in [0, 0.1) is 12.7 Å². The zero-order valence-corrected chi connectivity index (χ0v) is 23.2. The monoisotopic (exact) mass is 615 g/mol. The van der Waals surface area contributed by atoms with Gasteiger partial charge in [0.15, 0.2) is 5.82 Å². The number of carbonyl (C=O) groups is 2. The van der Waals surface area contributed by atoms with Gasteiger partial charge in [-0.1, -0.05) is 5.16 Å². The molecule has 0 saturated heterocycles. The van der Waals surface area contributed by atoms with Crippen LogP contribution in [0.3, 0.4) is 0 Å². The van der Waals surface area contributed by atoms with Crippen LogP contribution in [0.25, 0.3) is 33.6 Å². The highest BCUT2D eigenvalue weighted by Crippen LogP contribution is 2.38. The van der Waals surface area contributed by atoms with Crippen LogP contribution >= 0.6 is 0 Å². The number of carbonyl (C=O) groups excluding carboxylic acids is 2. The average Bonchev–Trinajstić information content (AvgIpc) is 3.62. The number of pyridine rings is 2. The van der Waals surface area contributed by atoms with Gasteiger partial charge in [0, 0.05) is 34.0 Å². The predicted molar refractivity (Wildman–Crippen MR) is 150 cm³/mol. The van der Waals surface area contributed by atoms with Crippen molar-refractivity contribution in [2.24, 2.45) is 0 Å². The Kier molecular flexibility index (Phi) is 6.52. The molecule has 228 valence electrons. The number of nitrogens with one attached hydrogen (secondary N) is 3. The normalized spacial score (nSPS) is 14.6. The first-order valence-electron chi connectivity index (χ1n) is 14.8. The molecule has 3 N–H and O–H groups in total. The zero-order chi connectivity index (χ0) is 35.2. The first-order valence-corrected chi connectivity index (χ1v) is 12.8. The van der Waals surface area contributed by atoms with Gasteiger partial charge in [-0.25, -0.2) is 4.39 Å². The minimum Gasteiger partial charge on any atom is -0.437 e. The van der Waals surface area contributed by atoms with Gasteiger partial charge in [-0.05, 0) is 57.1 Å². The number of nitrogens with zero attached hydrogens (tertiary/aromatic N) is 4. The standard InChI is InChI=1S/C29H25F4N7O4/c1-14-18(24(41)39-28(2,3)27-37-13-43-40-27)9-16(11-35-14)19-10-20-21(25(42)34-4)22(15-5-7-17(30)8-6-15)44-26(20)38-23(19)36-12-29(31,32)33/h5-11,13H,12H2,1-4H3,(H,34,42)(H,36,38)(H,39,41)/i2D3,13D. The van der Waals surface area contributed by atoms with Crippen molar-refractivity contribution >= 4 is 28.7 Å². The lowest BCUT2D eigenvalue weighted by Gasteiger charge is -2.23. The van der Waals surface area contributed by atoms with Gasteiger partial charge in [-0.2, -0.15) is 23.1 Å². The molecule has 1 atom stereocenters. The van der Waals surface area contributed by atoms with E-state index < -0.39 is 54.9 Å². The highest BCUT2D eigenvalue weighted by molar-refractivity contribution is 6.11. The molecule has 1 unspecified atom stereocenters. The van der Waals surface area contributed by atoms with E-state index in [0.29, 0.717) is 0 Å². The summed E-state index contributed by atoms with van der Waals surface area (Å²) in [5.74, 6) is -3.03. The molecule has 2 amide bonds. The number of fused-ring (bicyclic) bond motifs is 1. The molecule has 5 rings (SSSR count). The molecular formula is C29H25F4N7O4. The number of benzene rings is 1. The van der Waals surface area contributed by atoms with Crippen molar-refractivity contribution < 1.29 is 41.6 Å². The number of hydrogen-bond acceptors (Lipinski definition) is 9. The van der Waals surface area contributed by atoms with Crippen LogP contribution in [0.2, 0.25) is 0 Å². The summed E-state index contributed by atoms with van der Waals surface area (Å²) < 4.78 is 95.7. The molecule has 0 fully saturated rings. The van der Waals surface area contributed by atoms with Crippen molar-refractivity contribution in [2.75, 3.05) is 18.9 Å². The summed E-state index contributed by atoms with van der Waals surface area (Å²) in [6.07, 6.45) is -4.11. The predicted octanol–water partition coefficient (Wildman–Crippen LogP) is 5.39. The fraction of sp³-hybridized carbons (Fsp3) is 0.241. The summed E-state index contributed by atoms with van der Waals surface area (Å²) in [6.45, 7) is -1.88. The Morgan fingerprint density at radius 3 is 2.48 bits per heavy atom. The molecule has 15 heteroatoms. The summed E-state index contributed by atoms with van der Waals surface area (Å²) in [7, 11) is 1.35. The molecule has 0 bridgehead atoms. The molecule has 0 aliphatic heterocycles. The van der Waals surface area contributed by atoms with E-state index in [2.05, 4.69) is 40.6 Å². The van der Waals surface area contributed by atoms with Crippen LogP contribution in [0.1, 0.15) is 51.5 Å². The maximum atomic E-state index is 13.7. The van der Waals surface area contributed by atoms with Crippen LogP contribution in [-0.2, 0) is 5.54 Å². The molecule has 4 heterocycles. The lowest BCUT2D eigenvalue weighted by Crippen LogP contribution is -2.42. The second-order valence-electron chi connectivity index (χ2n) is 9.74. The number of rotatable bonds is 8. The fourth-order valence-corrected chi connectivity index (χ4v) is 4.33. The third-order valence-corrected chi connectivity index (χ3v) is 6.48. The number of aromatic nitrogens is 4. The van der Waals surface area contributed by atoms with Gasteiger partial charge in [0.1, 0.15) is 25.3 Å². The summed E-state index contributed by atoms with van der Waals surface area (Å²) >= 11 is 0. The van der Waals surface area contributed by atoms with Crippen molar-refractivity contribution in [2.45, 2.75) is 32.4 Å². The Labute approximate surface area is 252 Å². The van der Waals surface area contributed by atoms with E-state index in [-0.39, 0.29) is 56.2 Å². The van der Waals surface area contributed by atoms with E-state index >= 15 is 0 Å². The molecule has 0 radical (unpaired) electrons. The molecule has 0 saturated carbocycles. The summed E-state index contributed by atoms with van der Waals surface area (Å²) in [5, 5.41) is 10.6. The molecule has 11 nitrogen and oxygen atoms in total. The number of aryl methyl sites for hydroxylation is 1. The summed E-state index contributed by atoms with van der Waals surface area (Å²) in [6, 6.07) is 7.56. The molecule has 4 aromatic heterocycles. The Bertz CT molecular complexity index is 2030. The lowest BCUT2D eigenvalue weighted by atomic mass is 9.99. The highest BCUT2D eigenvalue weighted by Gasteiger charge is 2.31. The number of hydrogen-bond donors (Lipinski definition) is 3. The van der Waals surface area contributed by atoms with Gasteiger partial charge >= 0.3 is 6.18 Å². The largest absolute Gasteiger partial charge is 0.437 e. The highest BCUT2D eigenvalue weighted by atomic mass is 19.4. The first kappa shape index (κ1) is 25.2. The van der Waals surface area contributed by atoms with E-state index in [1.165, 1.54) is 44.4 Å². The summed E-state index contributed by atoms with van der Waals surface area (Å²) in [4.78, 5) is 38.8. The van der Waals surface area contributed by atoms with E-state index in [1.54, 1.807) is 0 Å². The topological polar surface area (TPSA) is 148 Å². The Morgan fingerprint density at radius 2 is 1.84 bits per heavy atom. The minimum atomic E-state index is -4.67. The van der Waals surface area contributed by atoms with Gasteiger partial charge < -0.3 is 24.9 Å². The minimum absolute atomic E-state index is 0.0273. The van der Waals surface area contributed by atoms with Crippen LogP contribution in [0.4, 0.5) is 23.4 Å². The van der Waals surface area contributed by atoms with Crippen LogP contribution in [0.5, 0.6) is 0 Å². The maximum Gasteiger partial charge on any atom is 0.405 e. The lowest BCUT2D eigenvalue weighted by molar-refractivity contribution is -0.115. The van der Waals surface area contributed by atoms with Gasteiger partial charge in [0.05, 0.1) is 27.7 Å². The van der Waals surface area contributed by atoms with Crippen molar-refractivity contribution in [3.8, 4) is 22.5 Å². The zero-order valence-electron chi connectivity index (χ0n) is 27.2. The number of anilines is 1. The fourth-order valence-electron chi connectivity index (χ4n) is 4.33. The third-order valence-electron chi connectivity index (χ3n) is 6.48. The second kappa shape index (κ2) is 11.4. The average molecular weight is 616 g/mol. The Morgan fingerprint density at radius 1 is 1.09 bits per heavy atom. The molecular weight excluding hydrogens is 586 g/mol. The maximum absolute atomic E-state index is 13.7. The van der Waals surface area contributed by atoms with E-state index in [0.717, 1.165) is 19.1 Å². The third kappa shape index (κ3) is 6.07. The molecule has 0 aliphatic carbocycles. The Balaban J connectivity index is 1.67. The SMILES string of the molecule is [2H]c1nc(C(C)(NC(=O)c2cc(-c3cc4c(C(=O)NC)c(-c5ccc(F)cc5)oc4nc3NCC(F)(F)F)cnc2C)C([2H])([2H])[2H])no1. The van der Waals surface area contributed by atoms with Gasteiger partial charge in [0.25, 0.3) is 11.8 Å². The van der Waals surface area contributed by atoms with E-state index in [1.807, 2.05) is 0 Å². The number of halogens is 4. The molecule has 44 heavy (non-hydrogen) atoms. The second-order valence-corrected chi connectivity index (χ2v) is 9.74. The summed E-state index contributed by atoms with van der Waals surface area (Å²) in [5.41, 5.74) is -2.24. The van der Waals surface area contributed by atoms with Crippen molar-refractivity contribution in [1.82, 2.24) is 30.7 Å². The van der Waals surface area contributed by atoms with E-state index in [4.69, 9.17) is 9.90 Å². The smallest absolute Gasteiger partial charge is 0.405 e. The molecule has 5 aromatic rings. The van der Waals surface area contributed by atoms with Crippen LogP contribution in [-0.4, -0.2) is 51.7 Å². The quantitative estimate of drug-likeness (QED) is 0.196. The van der Waals surface area contributed by atoms with Crippen LogP contribution < -0.4 is 16.0 Å². The number of furan rings is 1. The van der Waals surface area contributed by atoms with Crippen LogP contribution in [0.15, 0.2) is 57.9 Å². The molecule has 1 aromatic carbocycles. The molecule has 0 spiro atoms. The Hall–Kier alpha value is -5.34. The van der Waals surface area contributed by atoms with Crippen molar-refractivity contribution in [3.63, 3.8) is 0 Å².